The molecule has 0 fully saturated rings. The van der Waals surface area contributed by atoms with E-state index in [1.807, 2.05) is 19.3 Å². The Morgan fingerprint density at radius 3 is 2.89 bits per heavy atom. The van der Waals surface area contributed by atoms with Crippen LogP contribution in [0.4, 0.5) is 0 Å². The van der Waals surface area contributed by atoms with Crippen LogP contribution in [-0.2, 0) is 6.42 Å². The maximum atomic E-state index is 4.61. The SMILES string of the molecule is CCCNC(Cc1cncc(Br)c1)c1csc(C)n1. The summed E-state index contributed by atoms with van der Waals surface area (Å²) in [7, 11) is 0. The molecule has 2 aromatic heterocycles. The van der Waals surface area contributed by atoms with E-state index >= 15 is 0 Å². The number of hydrogen-bond acceptors (Lipinski definition) is 4. The maximum absolute atomic E-state index is 4.61. The second kappa shape index (κ2) is 7.12. The van der Waals surface area contributed by atoms with Gasteiger partial charge in [-0.25, -0.2) is 4.98 Å². The molecule has 0 aliphatic heterocycles. The molecule has 2 rings (SSSR count). The first-order valence-electron chi connectivity index (χ1n) is 6.44. The van der Waals surface area contributed by atoms with Gasteiger partial charge in [0.2, 0.25) is 0 Å². The van der Waals surface area contributed by atoms with Gasteiger partial charge in [0.1, 0.15) is 0 Å². The summed E-state index contributed by atoms with van der Waals surface area (Å²) in [6, 6.07) is 2.38. The van der Waals surface area contributed by atoms with Crippen LogP contribution in [0.15, 0.2) is 28.3 Å². The van der Waals surface area contributed by atoms with Crippen molar-refractivity contribution in [1.82, 2.24) is 15.3 Å². The fourth-order valence-corrected chi connectivity index (χ4v) is 3.02. The Bertz CT molecular complexity index is 527. The van der Waals surface area contributed by atoms with E-state index in [1.165, 1.54) is 5.56 Å². The zero-order valence-electron chi connectivity index (χ0n) is 11.2. The van der Waals surface area contributed by atoms with E-state index in [4.69, 9.17) is 0 Å². The van der Waals surface area contributed by atoms with Crippen LogP contribution in [0.1, 0.15) is 35.7 Å². The second-order valence-corrected chi connectivity index (χ2v) is 6.49. The fraction of sp³-hybridized carbons (Fsp3) is 0.429. The molecule has 3 nitrogen and oxygen atoms in total. The third-order valence-electron chi connectivity index (χ3n) is 2.84. The molecule has 0 saturated heterocycles. The Labute approximate surface area is 126 Å². The average Bonchev–Trinajstić information content (AvgIpc) is 2.81. The van der Waals surface area contributed by atoms with Gasteiger partial charge in [0.15, 0.2) is 0 Å². The Kier molecular flexibility index (Phi) is 5.48. The predicted octanol–water partition coefficient (Wildman–Crippen LogP) is 3.89. The van der Waals surface area contributed by atoms with Crippen molar-refractivity contribution in [2.24, 2.45) is 0 Å². The molecule has 0 saturated carbocycles. The van der Waals surface area contributed by atoms with E-state index in [9.17, 15) is 0 Å². The number of nitrogens with one attached hydrogen (secondary N) is 1. The predicted molar refractivity (Wildman–Crippen MR) is 83.5 cm³/mol. The molecule has 1 unspecified atom stereocenters. The van der Waals surface area contributed by atoms with Crippen LogP contribution in [-0.4, -0.2) is 16.5 Å². The molecule has 0 radical (unpaired) electrons. The summed E-state index contributed by atoms with van der Waals surface area (Å²) in [4.78, 5) is 8.83. The van der Waals surface area contributed by atoms with Crippen molar-refractivity contribution in [2.75, 3.05) is 6.54 Å². The molecule has 5 heteroatoms. The molecule has 1 atom stereocenters. The van der Waals surface area contributed by atoms with Crippen LogP contribution in [0, 0.1) is 6.92 Å². The van der Waals surface area contributed by atoms with Gasteiger partial charge in [-0.2, -0.15) is 0 Å². The third-order valence-corrected chi connectivity index (χ3v) is 4.06. The molecule has 19 heavy (non-hydrogen) atoms. The van der Waals surface area contributed by atoms with E-state index in [2.05, 4.69) is 49.6 Å². The Balaban J connectivity index is 2.13. The van der Waals surface area contributed by atoms with E-state index in [-0.39, 0.29) is 6.04 Å². The first kappa shape index (κ1) is 14.6. The first-order chi connectivity index (χ1) is 9.19. The van der Waals surface area contributed by atoms with E-state index in [1.54, 1.807) is 11.3 Å². The van der Waals surface area contributed by atoms with Gasteiger partial charge < -0.3 is 5.32 Å². The topological polar surface area (TPSA) is 37.8 Å². The van der Waals surface area contributed by atoms with Crippen molar-refractivity contribution in [3.8, 4) is 0 Å². The zero-order valence-corrected chi connectivity index (χ0v) is 13.6. The minimum Gasteiger partial charge on any atom is -0.308 e. The fourth-order valence-electron chi connectivity index (χ4n) is 1.94. The number of aromatic nitrogens is 2. The number of rotatable bonds is 6. The summed E-state index contributed by atoms with van der Waals surface area (Å²) in [6.45, 7) is 5.23. The average molecular weight is 340 g/mol. The maximum Gasteiger partial charge on any atom is 0.0898 e. The molecule has 102 valence electrons. The van der Waals surface area contributed by atoms with Crippen LogP contribution < -0.4 is 5.32 Å². The van der Waals surface area contributed by atoms with Gasteiger partial charge in [-0.3, -0.25) is 4.98 Å². The lowest BCUT2D eigenvalue weighted by atomic mass is 10.1. The van der Waals surface area contributed by atoms with Crippen molar-refractivity contribution >= 4 is 27.3 Å². The van der Waals surface area contributed by atoms with Gasteiger partial charge in [0.25, 0.3) is 0 Å². The molecule has 0 bridgehead atoms. The molecule has 1 N–H and O–H groups in total. The van der Waals surface area contributed by atoms with Gasteiger partial charge in [0.05, 0.1) is 16.7 Å². The molecule has 2 aromatic rings. The van der Waals surface area contributed by atoms with Crippen LogP contribution in [0.3, 0.4) is 0 Å². The molecule has 0 amide bonds. The van der Waals surface area contributed by atoms with Crippen LogP contribution in [0.2, 0.25) is 0 Å². The van der Waals surface area contributed by atoms with E-state index in [0.717, 1.165) is 34.6 Å². The number of halogens is 1. The summed E-state index contributed by atoms with van der Waals surface area (Å²) >= 11 is 5.17. The van der Waals surface area contributed by atoms with Crippen LogP contribution in [0.25, 0.3) is 0 Å². The minimum absolute atomic E-state index is 0.265. The summed E-state index contributed by atoms with van der Waals surface area (Å²) < 4.78 is 1.02. The Morgan fingerprint density at radius 1 is 1.42 bits per heavy atom. The monoisotopic (exact) mass is 339 g/mol. The van der Waals surface area contributed by atoms with Gasteiger partial charge >= 0.3 is 0 Å². The quantitative estimate of drug-likeness (QED) is 0.867. The highest BCUT2D eigenvalue weighted by atomic mass is 79.9. The lowest BCUT2D eigenvalue weighted by Gasteiger charge is -2.16. The summed E-state index contributed by atoms with van der Waals surface area (Å²) in [5.41, 5.74) is 2.35. The van der Waals surface area contributed by atoms with Crippen molar-refractivity contribution in [1.29, 1.82) is 0 Å². The summed E-state index contributed by atoms with van der Waals surface area (Å²) in [6.07, 6.45) is 5.77. The molecule has 2 heterocycles. The zero-order chi connectivity index (χ0) is 13.7. The lowest BCUT2D eigenvalue weighted by molar-refractivity contribution is 0.519. The number of aryl methyl sites for hydroxylation is 1. The number of thiazole rings is 1. The van der Waals surface area contributed by atoms with Gasteiger partial charge in [-0.15, -0.1) is 11.3 Å². The standard InChI is InChI=1S/C14H18BrN3S/c1-3-4-17-13(14-9-19-10(2)18-14)6-11-5-12(15)8-16-7-11/h5,7-9,13,17H,3-4,6H2,1-2H3. The van der Waals surface area contributed by atoms with Crippen molar-refractivity contribution in [2.45, 2.75) is 32.7 Å². The van der Waals surface area contributed by atoms with Gasteiger partial charge in [-0.1, -0.05) is 6.92 Å². The van der Waals surface area contributed by atoms with Gasteiger partial charge in [0, 0.05) is 22.2 Å². The Morgan fingerprint density at radius 2 is 2.26 bits per heavy atom. The van der Waals surface area contributed by atoms with Crippen molar-refractivity contribution < 1.29 is 0 Å². The molecular formula is C14H18BrN3S. The van der Waals surface area contributed by atoms with Crippen molar-refractivity contribution in [3.05, 3.63) is 44.6 Å². The highest BCUT2D eigenvalue weighted by Gasteiger charge is 2.14. The molecule has 0 aliphatic carbocycles. The smallest absolute Gasteiger partial charge is 0.0898 e. The Hall–Kier alpha value is -0.780. The molecule has 0 spiro atoms. The lowest BCUT2D eigenvalue weighted by Crippen LogP contribution is -2.24. The van der Waals surface area contributed by atoms with Crippen LogP contribution in [0.5, 0.6) is 0 Å². The van der Waals surface area contributed by atoms with Gasteiger partial charge in [-0.05, 0) is 53.9 Å². The largest absolute Gasteiger partial charge is 0.308 e. The molecular weight excluding hydrogens is 322 g/mol. The van der Waals surface area contributed by atoms with E-state index < -0.39 is 0 Å². The van der Waals surface area contributed by atoms with Crippen molar-refractivity contribution in [3.63, 3.8) is 0 Å². The number of pyridine rings is 1. The van der Waals surface area contributed by atoms with Crippen LogP contribution >= 0.6 is 27.3 Å². The number of nitrogens with zero attached hydrogens (tertiary/aromatic N) is 2. The van der Waals surface area contributed by atoms with E-state index in [0.29, 0.717) is 0 Å². The summed E-state index contributed by atoms with van der Waals surface area (Å²) in [5.74, 6) is 0. The third kappa shape index (κ3) is 4.37. The first-order valence-corrected chi connectivity index (χ1v) is 8.11. The highest BCUT2D eigenvalue weighted by Crippen LogP contribution is 2.21. The second-order valence-electron chi connectivity index (χ2n) is 4.51. The number of hydrogen-bond donors (Lipinski definition) is 1. The minimum atomic E-state index is 0.265. The molecule has 0 aliphatic rings. The molecule has 0 aromatic carbocycles. The summed E-state index contributed by atoms with van der Waals surface area (Å²) in [5, 5.41) is 6.83. The highest BCUT2D eigenvalue weighted by molar-refractivity contribution is 9.10. The normalized spacial score (nSPS) is 12.6.